The van der Waals surface area contributed by atoms with Crippen LogP contribution in [0.1, 0.15) is 17.5 Å². The number of fused-ring (bicyclic) bond motifs is 1. The van der Waals surface area contributed by atoms with Crippen molar-refractivity contribution in [1.29, 1.82) is 0 Å². The minimum absolute atomic E-state index is 0.368. The van der Waals surface area contributed by atoms with Crippen LogP contribution in [0.4, 0.5) is 4.39 Å². The molecule has 1 aliphatic carbocycles. The number of hydrogen-bond donors (Lipinski definition) is 0. The van der Waals surface area contributed by atoms with Gasteiger partial charge in [-0.1, -0.05) is 11.6 Å². The molecular formula is C11H7ClFO. The van der Waals surface area contributed by atoms with Crippen LogP contribution >= 0.6 is 11.6 Å². The van der Waals surface area contributed by atoms with E-state index in [9.17, 15) is 9.18 Å². The summed E-state index contributed by atoms with van der Waals surface area (Å²) in [5, 5.41) is 0.439. The summed E-state index contributed by atoms with van der Waals surface area (Å²) in [6.07, 6.45) is 4.56. The molecule has 71 valence electrons. The lowest BCUT2D eigenvalue weighted by Crippen LogP contribution is -1.86. The second-order valence-electron chi connectivity index (χ2n) is 3.20. The van der Waals surface area contributed by atoms with Gasteiger partial charge < -0.3 is 0 Å². The Bertz CT molecular complexity index is 424. The summed E-state index contributed by atoms with van der Waals surface area (Å²) in [7, 11) is 0. The molecule has 0 aromatic heterocycles. The SMILES string of the molecule is O=[C]/C=C1/CCc2c(Cl)cc(F)cc21. The number of halogens is 2. The molecule has 0 fully saturated rings. The average molecular weight is 210 g/mol. The predicted molar refractivity (Wildman–Crippen MR) is 53.4 cm³/mol. The van der Waals surface area contributed by atoms with Gasteiger partial charge in [0.25, 0.3) is 0 Å². The highest BCUT2D eigenvalue weighted by molar-refractivity contribution is 6.31. The van der Waals surface area contributed by atoms with Gasteiger partial charge in [-0.25, -0.2) is 4.39 Å². The van der Waals surface area contributed by atoms with E-state index in [4.69, 9.17) is 11.6 Å². The van der Waals surface area contributed by atoms with Gasteiger partial charge in [0.05, 0.1) is 0 Å². The third kappa shape index (κ3) is 1.46. The molecule has 0 aliphatic heterocycles. The van der Waals surface area contributed by atoms with Crippen molar-refractivity contribution in [2.45, 2.75) is 12.8 Å². The molecule has 1 aromatic rings. The van der Waals surface area contributed by atoms with Gasteiger partial charge >= 0.3 is 0 Å². The fraction of sp³-hybridized carbons (Fsp3) is 0.182. The zero-order chi connectivity index (χ0) is 10.1. The Morgan fingerprint density at radius 3 is 2.93 bits per heavy atom. The highest BCUT2D eigenvalue weighted by Gasteiger charge is 2.19. The van der Waals surface area contributed by atoms with Gasteiger partial charge in [-0.2, -0.15) is 0 Å². The number of hydrogen-bond acceptors (Lipinski definition) is 1. The van der Waals surface area contributed by atoms with E-state index in [1.807, 2.05) is 0 Å². The topological polar surface area (TPSA) is 17.1 Å². The van der Waals surface area contributed by atoms with Gasteiger partial charge in [0.15, 0.2) is 0 Å². The summed E-state index contributed by atoms with van der Waals surface area (Å²) in [6.45, 7) is 0. The molecule has 1 aliphatic rings. The van der Waals surface area contributed by atoms with Crippen LogP contribution in [0.5, 0.6) is 0 Å². The maximum Gasteiger partial charge on any atom is 0.226 e. The van der Waals surface area contributed by atoms with Crippen LogP contribution in [0.2, 0.25) is 5.02 Å². The molecule has 3 heteroatoms. The fourth-order valence-corrected chi connectivity index (χ4v) is 2.06. The molecule has 0 heterocycles. The van der Waals surface area contributed by atoms with E-state index in [2.05, 4.69) is 0 Å². The van der Waals surface area contributed by atoms with E-state index in [0.717, 1.165) is 29.5 Å². The smallest absolute Gasteiger partial charge is 0.226 e. The standard InChI is InChI=1S/C11H7ClFO/c12-11-6-8(13)5-10-7(3-4-14)1-2-9(10)11/h3,5-6H,1-2H2/b7-3-. The lowest BCUT2D eigenvalue weighted by molar-refractivity contribution is 0.564. The first-order chi connectivity index (χ1) is 6.72. The molecule has 0 unspecified atom stereocenters. The van der Waals surface area contributed by atoms with E-state index in [0.29, 0.717) is 5.02 Å². The molecule has 0 saturated heterocycles. The van der Waals surface area contributed by atoms with Gasteiger partial charge in [-0.05, 0) is 47.8 Å². The van der Waals surface area contributed by atoms with Gasteiger partial charge in [-0.3, -0.25) is 4.79 Å². The molecule has 0 amide bonds. The number of benzene rings is 1. The molecule has 0 saturated carbocycles. The van der Waals surface area contributed by atoms with Crippen molar-refractivity contribution < 1.29 is 9.18 Å². The summed E-state index contributed by atoms with van der Waals surface area (Å²) < 4.78 is 13.0. The second-order valence-corrected chi connectivity index (χ2v) is 3.61. The molecule has 0 atom stereocenters. The van der Waals surface area contributed by atoms with Gasteiger partial charge in [0, 0.05) is 5.02 Å². The van der Waals surface area contributed by atoms with Crippen LogP contribution in [0.3, 0.4) is 0 Å². The van der Waals surface area contributed by atoms with Gasteiger partial charge in [-0.15, -0.1) is 0 Å². The van der Waals surface area contributed by atoms with Crippen LogP contribution in [0, 0.1) is 5.82 Å². The average Bonchev–Trinajstić information content (AvgIpc) is 2.49. The third-order valence-corrected chi connectivity index (χ3v) is 2.72. The highest BCUT2D eigenvalue weighted by atomic mass is 35.5. The third-order valence-electron chi connectivity index (χ3n) is 2.38. The maximum absolute atomic E-state index is 13.0. The molecule has 0 N–H and O–H groups in total. The monoisotopic (exact) mass is 209 g/mol. The van der Waals surface area contributed by atoms with Crippen LogP contribution in [0.25, 0.3) is 5.57 Å². The Labute approximate surface area is 86.2 Å². The molecule has 0 bridgehead atoms. The summed E-state index contributed by atoms with van der Waals surface area (Å²) in [4.78, 5) is 10.2. The minimum Gasteiger partial charge on any atom is -0.286 e. The molecule has 0 spiro atoms. The first kappa shape index (κ1) is 9.41. The fourth-order valence-electron chi connectivity index (χ4n) is 1.76. The van der Waals surface area contributed by atoms with Crippen molar-refractivity contribution in [3.63, 3.8) is 0 Å². The maximum atomic E-state index is 13.0. The van der Waals surface area contributed by atoms with Crippen molar-refractivity contribution in [1.82, 2.24) is 0 Å². The molecule has 2 rings (SSSR count). The van der Waals surface area contributed by atoms with Crippen molar-refractivity contribution >= 4 is 23.5 Å². The van der Waals surface area contributed by atoms with Crippen molar-refractivity contribution in [2.24, 2.45) is 0 Å². The zero-order valence-corrected chi connectivity index (χ0v) is 8.07. The van der Waals surface area contributed by atoms with E-state index in [1.54, 1.807) is 6.29 Å². The minimum atomic E-state index is -0.368. The van der Waals surface area contributed by atoms with Crippen LogP contribution in [-0.2, 0) is 11.2 Å². The van der Waals surface area contributed by atoms with Crippen LogP contribution in [-0.4, -0.2) is 6.29 Å². The molecule has 1 aromatic carbocycles. The summed E-state index contributed by atoms with van der Waals surface area (Å²) >= 11 is 5.87. The Balaban J connectivity index is 2.60. The second kappa shape index (κ2) is 3.54. The first-order valence-electron chi connectivity index (χ1n) is 4.27. The molecule has 1 nitrogen and oxygen atoms in total. The highest BCUT2D eigenvalue weighted by Crippen LogP contribution is 2.36. The van der Waals surface area contributed by atoms with Crippen molar-refractivity contribution in [3.05, 3.63) is 40.2 Å². The molecule has 1 radical (unpaired) electrons. The Morgan fingerprint density at radius 2 is 2.21 bits per heavy atom. The van der Waals surface area contributed by atoms with E-state index >= 15 is 0 Å². The first-order valence-corrected chi connectivity index (χ1v) is 4.65. The van der Waals surface area contributed by atoms with Crippen LogP contribution in [0.15, 0.2) is 18.2 Å². The number of rotatable bonds is 1. The zero-order valence-electron chi connectivity index (χ0n) is 7.31. The lowest BCUT2D eigenvalue weighted by atomic mass is 10.1. The van der Waals surface area contributed by atoms with Crippen molar-refractivity contribution in [2.75, 3.05) is 0 Å². The summed E-state index contributed by atoms with van der Waals surface area (Å²) in [5.74, 6) is -0.368. The Kier molecular flexibility index (Phi) is 2.38. The quantitative estimate of drug-likeness (QED) is 0.650. The van der Waals surface area contributed by atoms with Crippen LogP contribution < -0.4 is 0 Å². The van der Waals surface area contributed by atoms with Gasteiger partial charge in [0.1, 0.15) is 5.82 Å². The number of allylic oxidation sites excluding steroid dienone is 2. The summed E-state index contributed by atoms with van der Waals surface area (Å²) in [6, 6.07) is 2.71. The van der Waals surface area contributed by atoms with E-state index in [1.165, 1.54) is 18.2 Å². The van der Waals surface area contributed by atoms with E-state index in [-0.39, 0.29) is 5.82 Å². The molecular weight excluding hydrogens is 203 g/mol. The Morgan fingerprint density at radius 1 is 1.43 bits per heavy atom. The normalized spacial score (nSPS) is 17.1. The van der Waals surface area contributed by atoms with E-state index < -0.39 is 0 Å². The van der Waals surface area contributed by atoms with Gasteiger partial charge in [0.2, 0.25) is 6.29 Å². The Hall–Kier alpha value is -1.15. The lowest BCUT2D eigenvalue weighted by Gasteiger charge is -2.02. The molecule has 14 heavy (non-hydrogen) atoms. The summed E-state index contributed by atoms with van der Waals surface area (Å²) in [5.41, 5.74) is 2.49. The van der Waals surface area contributed by atoms with Crippen molar-refractivity contribution in [3.8, 4) is 0 Å². The largest absolute Gasteiger partial charge is 0.286 e. The number of carbonyl (C=O) groups excluding carboxylic acids is 1. The predicted octanol–water partition coefficient (Wildman–Crippen LogP) is 2.92.